The van der Waals surface area contributed by atoms with Crippen molar-refractivity contribution >= 4 is 17.3 Å². The number of nitrogens with zero attached hydrogens (tertiary/aromatic N) is 1. The van der Waals surface area contributed by atoms with E-state index >= 15 is 0 Å². The van der Waals surface area contributed by atoms with Crippen molar-refractivity contribution in [3.05, 3.63) is 88.5 Å². The Morgan fingerprint density at radius 3 is 2.45 bits per heavy atom. The zero-order valence-corrected chi connectivity index (χ0v) is 17.0. The van der Waals surface area contributed by atoms with Crippen LogP contribution >= 0.6 is 11.6 Å². The van der Waals surface area contributed by atoms with Crippen molar-refractivity contribution in [3.8, 4) is 5.75 Å². The van der Waals surface area contributed by atoms with Crippen LogP contribution in [0.25, 0.3) is 0 Å². The molecular weight excluding hydrogens is 439 g/mol. The molecule has 0 spiro atoms. The number of alkyl halides is 4. The molecule has 0 fully saturated rings. The maximum Gasteiger partial charge on any atom is 0.461 e. The molecule has 1 atom stereocenters. The van der Waals surface area contributed by atoms with Crippen LogP contribution in [0.1, 0.15) is 23.7 Å². The fraction of sp³-hybridized carbons (Fsp3) is 0.227. The molecule has 0 amide bonds. The third-order valence-electron chi connectivity index (χ3n) is 4.82. The van der Waals surface area contributed by atoms with Crippen molar-refractivity contribution in [2.75, 3.05) is 5.73 Å². The molecule has 0 bridgehead atoms. The van der Waals surface area contributed by atoms with Gasteiger partial charge in [-0.2, -0.15) is 17.6 Å². The van der Waals surface area contributed by atoms with E-state index in [1.807, 2.05) is 0 Å². The molecule has 1 aromatic heterocycles. The lowest BCUT2D eigenvalue weighted by molar-refractivity contribution is -0.253. The van der Waals surface area contributed by atoms with E-state index in [4.69, 9.17) is 17.3 Å². The van der Waals surface area contributed by atoms with E-state index in [9.17, 15) is 22.0 Å². The fourth-order valence-corrected chi connectivity index (χ4v) is 3.41. The van der Waals surface area contributed by atoms with Gasteiger partial charge in [-0.05, 0) is 60.9 Å². The largest absolute Gasteiger partial charge is 0.461 e. The van der Waals surface area contributed by atoms with Crippen molar-refractivity contribution < 1.29 is 26.7 Å². The molecule has 3 aromatic rings. The normalized spacial score (nSPS) is 13.8. The van der Waals surface area contributed by atoms with Crippen molar-refractivity contribution in [1.82, 2.24) is 4.98 Å². The highest BCUT2D eigenvalue weighted by Crippen LogP contribution is 2.38. The Morgan fingerprint density at radius 2 is 1.84 bits per heavy atom. The minimum atomic E-state index is -4.77. The van der Waals surface area contributed by atoms with E-state index < -0.39 is 29.5 Å². The van der Waals surface area contributed by atoms with Gasteiger partial charge in [0.15, 0.2) is 0 Å². The van der Waals surface area contributed by atoms with E-state index in [-0.39, 0.29) is 12.0 Å². The average Bonchev–Trinajstić information content (AvgIpc) is 2.67. The quantitative estimate of drug-likeness (QED) is 0.338. The van der Waals surface area contributed by atoms with Gasteiger partial charge in [-0.25, -0.2) is 4.39 Å². The molecule has 0 aliphatic heterocycles. The third kappa shape index (κ3) is 5.25. The van der Waals surface area contributed by atoms with E-state index in [1.54, 1.807) is 43.3 Å². The Bertz CT molecular complexity index is 1060. The van der Waals surface area contributed by atoms with E-state index in [1.165, 1.54) is 6.20 Å². The summed E-state index contributed by atoms with van der Waals surface area (Å²) in [5.74, 6) is -1.65. The number of nitrogens with two attached hydrogens (primary N) is 1. The summed E-state index contributed by atoms with van der Waals surface area (Å²) in [4.78, 5) is 4.31. The Labute approximate surface area is 180 Å². The lowest BCUT2D eigenvalue weighted by Gasteiger charge is -2.31. The highest BCUT2D eigenvalue weighted by molar-refractivity contribution is 6.30. The number of aromatic nitrogens is 1. The lowest BCUT2D eigenvalue weighted by Crippen LogP contribution is -2.34. The zero-order chi connectivity index (χ0) is 22.8. The summed E-state index contributed by atoms with van der Waals surface area (Å²) in [6.07, 6.45) is -7.19. The van der Waals surface area contributed by atoms with Gasteiger partial charge in [-0.15, -0.1) is 0 Å². The molecule has 1 unspecified atom stereocenters. The predicted octanol–water partition coefficient (Wildman–Crippen LogP) is 6.24. The number of hydrogen-bond donors (Lipinski definition) is 1. The zero-order valence-electron chi connectivity index (χ0n) is 16.3. The number of pyridine rings is 1. The Kier molecular flexibility index (Phi) is 6.40. The van der Waals surface area contributed by atoms with Gasteiger partial charge >= 0.3 is 12.5 Å². The van der Waals surface area contributed by atoms with Crippen LogP contribution in [-0.2, 0) is 11.8 Å². The summed E-state index contributed by atoms with van der Waals surface area (Å²) in [5.41, 5.74) is 6.72. The SMILES string of the molecule is CC(Cc1cccc(N)c1)(c1cc(F)cc(OC(F)(F)C(F)F)c1)c1ccc(Cl)cn1. The molecule has 3 nitrogen and oxygen atoms in total. The van der Waals surface area contributed by atoms with Crippen molar-refractivity contribution in [3.63, 3.8) is 0 Å². The van der Waals surface area contributed by atoms with Gasteiger partial charge in [-0.3, -0.25) is 4.98 Å². The maximum atomic E-state index is 14.3. The summed E-state index contributed by atoms with van der Waals surface area (Å²) in [6.45, 7) is 1.72. The highest BCUT2D eigenvalue weighted by Gasteiger charge is 2.44. The summed E-state index contributed by atoms with van der Waals surface area (Å²) in [6, 6.07) is 13.0. The molecule has 0 radical (unpaired) electrons. The Balaban J connectivity index is 2.12. The number of rotatable bonds is 7. The van der Waals surface area contributed by atoms with Gasteiger partial charge in [0.05, 0.1) is 10.7 Å². The molecule has 164 valence electrons. The summed E-state index contributed by atoms with van der Waals surface area (Å²) in [7, 11) is 0. The van der Waals surface area contributed by atoms with Crippen molar-refractivity contribution in [1.29, 1.82) is 0 Å². The maximum absolute atomic E-state index is 14.3. The predicted molar refractivity (Wildman–Crippen MR) is 108 cm³/mol. The first-order chi connectivity index (χ1) is 14.5. The first kappa shape index (κ1) is 22.8. The smallest absolute Gasteiger partial charge is 0.428 e. The number of ether oxygens (including phenoxy) is 1. The fourth-order valence-electron chi connectivity index (χ4n) is 3.30. The van der Waals surface area contributed by atoms with Crippen molar-refractivity contribution in [2.45, 2.75) is 31.3 Å². The van der Waals surface area contributed by atoms with E-state index in [2.05, 4.69) is 9.72 Å². The first-order valence-electron chi connectivity index (χ1n) is 9.12. The van der Waals surface area contributed by atoms with Gasteiger partial charge in [-0.1, -0.05) is 23.7 Å². The number of nitrogen functional groups attached to an aromatic ring is 1. The molecular formula is C22H18ClF5N2O. The Hall–Kier alpha value is -2.87. The summed E-state index contributed by atoms with van der Waals surface area (Å²) < 4.78 is 70.4. The first-order valence-corrected chi connectivity index (χ1v) is 9.50. The molecule has 9 heteroatoms. The molecule has 1 heterocycles. The van der Waals surface area contributed by atoms with Crippen LogP contribution in [0.2, 0.25) is 5.02 Å². The average molecular weight is 457 g/mol. The number of anilines is 1. The molecule has 3 rings (SSSR count). The lowest BCUT2D eigenvalue weighted by atomic mass is 9.74. The summed E-state index contributed by atoms with van der Waals surface area (Å²) >= 11 is 5.93. The van der Waals surface area contributed by atoms with Crippen LogP contribution in [0.3, 0.4) is 0 Å². The summed E-state index contributed by atoms with van der Waals surface area (Å²) in [5, 5.41) is 0.370. The highest BCUT2D eigenvalue weighted by atomic mass is 35.5. The van der Waals surface area contributed by atoms with Crippen LogP contribution in [0.5, 0.6) is 5.75 Å². The second-order valence-corrected chi connectivity index (χ2v) is 7.69. The van der Waals surface area contributed by atoms with Gasteiger partial charge in [0.25, 0.3) is 0 Å². The van der Waals surface area contributed by atoms with Crippen LogP contribution in [0, 0.1) is 5.82 Å². The minimum Gasteiger partial charge on any atom is -0.428 e. The standard InChI is InChI=1S/C22H18ClF5N2O/c1-21(19-6-5-15(23)12-30-19,11-13-3-2-4-17(29)7-13)14-8-16(24)10-18(9-14)31-22(27,28)20(25)26/h2-10,12,20H,11,29H2,1H3. The van der Waals surface area contributed by atoms with Crippen LogP contribution in [-0.4, -0.2) is 17.5 Å². The number of hydrogen-bond acceptors (Lipinski definition) is 3. The van der Waals surface area contributed by atoms with E-state index in [0.29, 0.717) is 22.5 Å². The molecule has 0 saturated heterocycles. The van der Waals surface area contributed by atoms with Crippen LogP contribution in [0.15, 0.2) is 60.8 Å². The minimum absolute atomic E-state index is 0.199. The molecule has 2 aromatic carbocycles. The molecule has 0 saturated carbocycles. The Morgan fingerprint density at radius 1 is 1.10 bits per heavy atom. The topological polar surface area (TPSA) is 48.1 Å². The molecule has 0 aliphatic rings. The molecule has 2 N–H and O–H groups in total. The third-order valence-corrected chi connectivity index (χ3v) is 5.04. The van der Waals surface area contributed by atoms with Crippen LogP contribution in [0.4, 0.5) is 27.6 Å². The number of halogens is 6. The van der Waals surface area contributed by atoms with Gasteiger partial charge in [0.1, 0.15) is 11.6 Å². The van der Waals surface area contributed by atoms with E-state index in [0.717, 1.165) is 17.7 Å². The monoisotopic (exact) mass is 456 g/mol. The second kappa shape index (κ2) is 8.70. The number of benzene rings is 2. The van der Waals surface area contributed by atoms with Crippen molar-refractivity contribution in [2.24, 2.45) is 0 Å². The van der Waals surface area contributed by atoms with Gasteiger partial charge in [0, 0.05) is 23.4 Å². The molecule has 31 heavy (non-hydrogen) atoms. The van der Waals surface area contributed by atoms with Gasteiger partial charge < -0.3 is 10.5 Å². The second-order valence-electron chi connectivity index (χ2n) is 7.26. The molecule has 0 aliphatic carbocycles. The van der Waals surface area contributed by atoms with Gasteiger partial charge in [0.2, 0.25) is 0 Å². The van der Waals surface area contributed by atoms with Crippen LogP contribution < -0.4 is 10.5 Å².